The molecule has 0 saturated carbocycles. The molecule has 0 fully saturated rings. The number of nitrogens with zero attached hydrogens (tertiary/aromatic N) is 4. The first-order valence-corrected chi connectivity index (χ1v) is 7.79. The Bertz CT molecular complexity index is 716. The van der Waals surface area contributed by atoms with Crippen molar-refractivity contribution in [2.45, 2.75) is 13.0 Å². The highest BCUT2D eigenvalue weighted by molar-refractivity contribution is 5.53. The standard InChI is InChI=1S/C17H20N4O4/c1-13(12-23)20(10-11-22)16-6-2-14(3-7-16)18-19-15-4-8-17(9-5-15)21(24)25/h2-9,13,22-23H,10-12H2,1H3/b19-18+. The van der Waals surface area contributed by atoms with Crippen molar-refractivity contribution in [3.8, 4) is 0 Å². The molecule has 2 aromatic carbocycles. The Labute approximate surface area is 145 Å². The van der Waals surface area contributed by atoms with Gasteiger partial charge in [0, 0.05) is 30.4 Å². The summed E-state index contributed by atoms with van der Waals surface area (Å²) in [5.41, 5.74) is 2.02. The highest BCUT2D eigenvalue weighted by atomic mass is 16.6. The van der Waals surface area contributed by atoms with E-state index in [0.29, 0.717) is 17.9 Å². The SMILES string of the molecule is CC(CO)N(CCO)c1ccc(/N=N/c2ccc([N+](=O)[O-])cc2)cc1. The molecule has 0 bridgehead atoms. The molecule has 0 aliphatic heterocycles. The molecule has 0 saturated heterocycles. The van der Waals surface area contributed by atoms with Crippen LogP contribution >= 0.6 is 0 Å². The van der Waals surface area contributed by atoms with Gasteiger partial charge in [0.05, 0.1) is 29.5 Å². The smallest absolute Gasteiger partial charge is 0.269 e. The fourth-order valence-corrected chi connectivity index (χ4v) is 2.28. The molecular formula is C17H20N4O4. The molecular weight excluding hydrogens is 324 g/mol. The molecule has 2 aromatic rings. The predicted octanol–water partition coefficient (Wildman–Crippen LogP) is 3.19. The van der Waals surface area contributed by atoms with Crippen molar-refractivity contribution >= 4 is 22.7 Å². The van der Waals surface area contributed by atoms with Gasteiger partial charge in [0.25, 0.3) is 5.69 Å². The van der Waals surface area contributed by atoms with Crippen LogP contribution in [0, 0.1) is 10.1 Å². The number of aliphatic hydroxyl groups is 2. The molecule has 0 aliphatic carbocycles. The summed E-state index contributed by atoms with van der Waals surface area (Å²) in [6, 6.07) is 12.9. The van der Waals surface area contributed by atoms with Crippen LogP contribution in [0.2, 0.25) is 0 Å². The second kappa shape index (κ2) is 8.86. The molecule has 2 N–H and O–H groups in total. The maximum absolute atomic E-state index is 10.6. The van der Waals surface area contributed by atoms with Gasteiger partial charge in [-0.05, 0) is 43.3 Å². The number of anilines is 1. The Morgan fingerprint density at radius 2 is 1.56 bits per heavy atom. The van der Waals surface area contributed by atoms with Gasteiger partial charge in [-0.1, -0.05) is 0 Å². The molecule has 8 nitrogen and oxygen atoms in total. The topological polar surface area (TPSA) is 112 Å². The normalized spacial score (nSPS) is 12.3. The molecule has 0 heterocycles. The first kappa shape index (κ1) is 18.5. The number of benzene rings is 2. The molecule has 0 spiro atoms. The van der Waals surface area contributed by atoms with E-state index in [2.05, 4.69) is 10.2 Å². The largest absolute Gasteiger partial charge is 0.395 e. The molecule has 1 unspecified atom stereocenters. The van der Waals surface area contributed by atoms with Crippen molar-refractivity contribution in [1.29, 1.82) is 0 Å². The minimum absolute atomic E-state index is 0.00489. The Hall–Kier alpha value is -2.84. The lowest BCUT2D eigenvalue weighted by Crippen LogP contribution is -2.37. The number of hydrogen-bond donors (Lipinski definition) is 2. The van der Waals surface area contributed by atoms with Gasteiger partial charge in [0.1, 0.15) is 0 Å². The Morgan fingerprint density at radius 1 is 1.04 bits per heavy atom. The number of hydrogen-bond acceptors (Lipinski definition) is 7. The maximum atomic E-state index is 10.6. The zero-order valence-electron chi connectivity index (χ0n) is 13.8. The molecule has 0 aromatic heterocycles. The number of nitro benzene ring substituents is 1. The summed E-state index contributed by atoms with van der Waals surface area (Å²) < 4.78 is 0. The average molecular weight is 344 g/mol. The van der Waals surface area contributed by atoms with Gasteiger partial charge < -0.3 is 15.1 Å². The monoisotopic (exact) mass is 344 g/mol. The van der Waals surface area contributed by atoms with Crippen molar-refractivity contribution in [3.05, 3.63) is 58.6 Å². The molecule has 132 valence electrons. The number of rotatable bonds is 8. The zero-order valence-corrected chi connectivity index (χ0v) is 13.8. The van der Waals surface area contributed by atoms with Crippen molar-refractivity contribution in [1.82, 2.24) is 0 Å². The van der Waals surface area contributed by atoms with E-state index in [1.165, 1.54) is 24.3 Å². The highest BCUT2D eigenvalue weighted by Crippen LogP contribution is 2.24. The number of azo groups is 1. The quantitative estimate of drug-likeness (QED) is 0.434. The molecule has 0 amide bonds. The van der Waals surface area contributed by atoms with Gasteiger partial charge in [-0.2, -0.15) is 10.2 Å². The lowest BCUT2D eigenvalue weighted by Gasteiger charge is -2.29. The third kappa shape index (κ3) is 5.07. The summed E-state index contributed by atoms with van der Waals surface area (Å²) in [5, 5.41) is 37.2. The van der Waals surface area contributed by atoms with Crippen LogP contribution in [0.25, 0.3) is 0 Å². The van der Waals surface area contributed by atoms with Crippen LogP contribution in [-0.4, -0.2) is 40.9 Å². The summed E-state index contributed by atoms with van der Waals surface area (Å²) in [6.07, 6.45) is 0. The lowest BCUT2D eigenvalue weighted by molar-refractivity contribution is -0.384. The first-order valence-electron chi connectivity index (χ1n) is 7.79. The van der Waals surface area contributed by atoms with E-state index >= 15 is 0 Å². The van der Waals surface area contributed by atoms with E-state index in [1.807, 2.05) is 24.0 Å². The lowest BCUT2D eigenvalue weighted by atomic mass is 10.2. The second-order valence-electron chi connectivity index (χ2n) is 5.44. The van der Waals surface area contributed by atoms with Crippen LogP contribution in [0.3, 0.4) is 0 Å². The Kier molecular flexibility index (Phi) is 6.55. The van der Waals surface area contributed by atoms with Gasteiger partial charge in [-0.3, -0.25) is 10.1 Å². The van der Waals surface area contributed by atoms with Crippen LogP contribution < -0.4 is 4.90 Å². The van der Waals surface area contributed by atoms with Gasteiger partial charge in [-0.15, -0.1) is 0 Å². The third-order valence-corrected chi connectivity index (χ3v) is 3.66. The molecule has 0 radical (unpaired) electrons. The Morgan fingerprint density at radius 3 is 2.00 bits per heavy atom. The summed E-state index contributed by atoms with van der Waals surface area (Å²) in [5.74, 6) is 0. The van der Waals surface area contributed by atoms with Gasteiger partial charge >= 0.3 is 0 Å². The third-order valence-electron chi connectivity index (χ3n) is 3.66. The van der Waals surface area contributed by atoms with E-state index in [0.717, 1.165) is 5.69 Å². The predicted molar refractivity (Wildman–Crippen MR) is 94.7 cm³/mol. The van der Waals surface area contributed by atoms with Crippen LogP contribution in [0.4, 0.5) is 22.7 Å². The van der Waals surface area contributed by atoms with E-state index in [1.54, 1.807) is 12.1 Å². The summed E-state index contributed by atoms with van der Waals surface area (Å²) in [6.45, 7) is 2.27. The zero-order chi connectivity index (χ0) is 18.2. The van der Waals surface area contributed by atoms with E-state index in [4.69, 9.17) is 5.11 Å². The van der Waals surface area contributed by atoms with Crippen LogP contribution in [0.1, 0.15) is 6.92 Å². The minimum Gasteiger partial charge on any atom is -0.395 e. The average Bonchev–Trinajstić information content (AvgIpc) is 2.64. The number of aliphatic hydroxyl groups excluding tert-OH is 2. The van der Waals surface area contributed by atoms with E-state index in [9.17, 15) is 15.2 Å². The Balaban J connectivity index is 2.09. The van der Waals surface area contributed by atoms with Crippen molar-refractivity contribution in [2.75, 3.05) is 24.7 Å². The molecule has 0 aliphatic rings. The molecule has 25 heavy (non-hydrogen) atoms. The highest BCUT2D eigenvalue weighted by Gasteiger charge is 2.13. The molecule has 2 rings (SSSR count). The van der Waals surface area contributed by atoms with Crippen LogP contribution in [0.5, 0.6) is 0 Å². The second-order valence-corrected chi connectivity index (χ2v) is 5.44. The van der Waals surface area contributed by atoms with Crippen LogP contribution in [0.15, 0.2) is 58.8 Å². The maximum Gasteiger partial charge on any atom is 0.269 e. The van der Waals surface area contributed by atoms with E-state index < -0.39 is 4.92 Å². The van der Waals surface area contributed by atoms with Crippen molar-refractivity contribution in [3.63, 3.8) is 0 Å². The van der Waals surface area contributed by atoms with Gasteiger partial charge in [0.2, 0.25) is 0 Å². The summed E-state index contributed by atoms with van der Waals surface area (Å²) >= 11 is 0. The van der Waals surface area contributed by atoms with Gasteiger partial charge in [-0.25, -0.2) is 0 Å². The summed E-state index contributed by atoms with van der Waals surface area (Å²) in [4.78, 5) is 12.0. The summed E-state index contributed by atoms with van der Waals surface area (Å²) in [7, 11) is 0. The fourth-order valence-electron chi connectivity index (χ4n) is 2.28. The van der Waals surface area contributed by atoms with E-state index in [-0.39, 0.29) is 24.9 Å². The van der Waals surface area contributed by atoms with Crippen molar-refractivity contribution in [2.24, 2.45) is 10.2 Å². The first-order chi connectivity index (χ1) is 12.0. The fraction of sp³-hybridized carbons (Fsp3) is 0.294. The van der Waals surface area contributed by atoms with Crippen molar-refractivity contribution < 1.29 is 15.1 Å². The van der Waals surface area contributed by atoms with Crippen LogP contribution in [-0.2, 0) is 0 Å². The number of non-ortho nitro benzene ring substituents is 1. The minimum atomic E-state index is -0.467. The number of nitro groups is 1. The molecule has 1 atom stereocenters. The van der Waals surface area contributed by atoms with Gasteiger partial charge in [0.15, 0.2) is 0 Å². The molecule has 8 heteroatoms.